The molecule has 2 saturated heterocycles. The summed E-state index contributed by atoms with van der Waals surface area (Å²) in [7, 11) is 0. The van der Waals surface area contributed by atoms with Crippen molar-refractivity contribution in [2.24, 2.45) is 5.92 Å². The number of carbonyl (C=O) groups excluding carboxylic acids is 3. The Labute approximate surface area is 244 Å². The Morgan fingerprint density at radius 1 is 1.00 bits per heavy atom. The van der Waals surface area contributed by atoms with Crippen LogP contribution < -0.4 is 5.32 Å². The maximum atomic E-state index is 13.6. The van der Waals surface area contributed by atoms with Crippen LogP contribution in [0.5, 0.6) is 0 Å². The van der Waals surface area contributed by atoms with Crippen LogP contribution in [0.15, 0.2) is 54.6 Å². The Hall–Kier alpha value is -3.00. The Balaban J connectivity index is 0.00000387. The van der Waals surface area contributed by atoms with Crippen LogP contribution in [0.4, 0.5) is 10.5 Å². The smallest absolute Gasteiger partial charge is 0.322 e. The minimum atomic E-state index is -0.344. The molecular formula is C32H44N4O3S. The molecule has 4 amide bonds. The highest BCUT2D eigenvalue weighted by molar-refractivity contribution is 8.01. The lowest BCUT2D eigenvalue weighted by Crippen LogP contribution is -2.50. The fourth-order valence-corrected chi connectivity index (χ4v) is 7.72. The minimum absolute atomic E-state index is 0. The molecule has 0 saturated carbocycles. The van der Waals surface area contributed by atoms with E-state index in [9.17, 15) is 14.4 Å². The van der Waals surface area contributed by atoms with Gasteiger partial charge >= 0.3 is 6.03 Å². The van der Waals surface area contributed by atoms with Gasteiger partial charge in [-0.15, -0.1) is 11.8 Å². The second kappa shape index (κ2) is 12.7. The molecule has 3 aliphatic heterocycles. The van der Waals surface area contributed by atoms with E-state index in [0.717, 1.165) is 43.5 Å². The number of amides is 4. The van der Waals surface area contributed by atoms with Crippen molar-refractivity contribution in [3.63, 3.8) is 0 Å². The minimum Gasteiger partial charge on any atom is -0.342 e. The van der Waals surface area contributed by atoms with Crippen LogP contribution >= 0.6 is 11.8 Å². The van der Waals surface area contributed by atoms with Crippen LogP contribution in [0.2, 0.25) is 0 Å². The molecule has 7 nitrogen and oxygen atoms in total. The second-order valence-electron chi connectivity index (χ2n) is 11.8. The van der Waals surface area contributed by atoms with Crippen LogP contribution in [0.1, 0.15) is 64.9 Å². The number of para-hydroxylation sites is 1. The van der Waals surface area contributed by atoms with Crippen molar-refractivity contribution in [2.45, 2.75) is 75.5 Å². The first-order chi connectivity index (χ1) is 19.3. The number of nitrogens with zero attached hydrogens (tertiary/aromatic N) is 3. The molecule has 0 aliphatic carbocycles. The summed E-state index contributed by atoms with van der Waals surface area (Å²) in [6.07, 6.45) is 3.54. The Kier molecular flexibility index (Phi) is 9.03. The number of carbonyl (C=O) groups is 3. The van der Waals surface area contributed by atoms with Crippen molar-refractivity contribution in [1.29, 1.82) is 0 Å². The number of benzene rings is 2. The summed E-state index contributed by atoms with van der Waals surface area (Å²) in [6.45, 7) is 9.20. The average Bonchev–Trinajstić information content (AvgIpc) is 3.16. The monoisotopic (exact) mass is 564 g/mol. The summed E-state index contributed by atoms with van der Waals surface area (Å²) in [5.74, 6) is 0.841. The van der Waals surface area contributed by atoms with Crippen LogP contribution in [0.3, 0.4) is 0 Å². The highest BCUT2D eigenvalue weighted by Gasteiger charge is 2.44. The van der Waals surface area contributed by atoms with Gasteiger partial charge in [-0.3, -0.25) is 9.59 Å². The van der Waals surface area contributed by atoms with E-state index < -0.39 is 0 Å². The molecule has 2 aromatic rings. The predicted octanol–water partition coefficient (Wildman–Crippen LogP) is 5.82. The molecule has 216 valence electrons. The van der Waals surface area contributed by atoms with E-state index in [4.69, 9.17) is 0 Å². The van der Waals surface area contributed by atoms with E-state index in [2.05, 4.69) is 44.3 Å². The van der Waals surface area contributed by atoms with E-state index in [1.807, 2.05) is 51.1 Å². The van der Waals surface area contributed by atoms with Crippen LogP contribution in [-0.4, -0.2) is 75.4 Å². The van der Waals surface area contributed by atoms with Gasteiger partial charge in [-0.1, -0.05) is 69.3 Å². The third kappa shape index (κ3) is 6.32. The van der Waals surface area contributed by atoms with Crippen molar-refractivity contribution in [3.05, 3.63) is 65.7 Å². The maximum absolute atomic E-state index is 13.6. The van der Waals surface area contributed by atoms with Gasteiger partial charge in [0, 0.05) is 51.7 Å². The Bertz CT molecular complexity index is 1200. The molecule has 2 aromatic carbocycles. The maximum Gasteiger partial charge on any atom is 0.322 e. The first-order valence-corrected chi connectivity index (χ1v) is 15.7. The summed E-state index contributed by atoms with van der Waals surface area (Å²) < 4.78 is 0. The van der Waals surface area contributed by atoms with Crippen molar-refractivity contribution in [1.82, 2.24) is 14.7 Å². The Morgan fingerprint density at radius 2 is 1.70 bits per heavy atom. The Morgan fingerprint density at radius 3 is 2.42 bits per heavy atom. The first-order valence-electron chi connectivity index (χ1n) is 14.8. The number of piperidine rings is 1. The highest BCUT2D eigenvalue weighted by atomic mass is 32.2. The summed E-state index contributed by atoms with van der Waals surface area (Å²) in [6, 6.07) is 18.4. The number of anilines is 1. The molecule has 5 rings (SSSR count). The quantitative estimate of drug-likeness (QED) is 0.438. The molecule has 1 N–H and O–H groups in total. The number of rotatable bonds is 8. The summed E-state index contributed by atoms with van der Waals surface area (Å²) in [5.41, 5.74) is 3.27. The molecular weight excluding hydrogens is 520 g/mol. The summed E-state index contributed by atoms with van der Waals surface area (Å²) in [4.78, 5) is 45.8. The highest BCUT2D eigenvalue weighted by Crippen LogP contribution is 2.42. The number of thioether (sulfide) groups is 1. The topological polar surface area (TPSA) is 73.0 Å². The number of urea groups is 1. The molecule has 2 unspecified atom stereocenters. The van der Waals surface area contributed by atoms with E-state index in [1.54, 1.807) is 11.8 Å². The average molecular weight is 565 g/mol. The molecule has 3 aliphatic rings. The summed E-state index contributed by atoms with van der Waals surface area (Å²) in [5, 5.41) is 2.75. The number of nitrogens with one attached hydrogen (secondary N) is 1. The molecule has 0 radical (unpaired) electrons. The molecule has 3 atom stereocenters. The van der Waals surface area contributed by atoms with Crippen LogP contribution in [0, 0.1) is 5.92 Å². The van der Waals surface area contributed by atoms with Crippen molar-refractivity contribution in [3.8, 4) is 0 Å². The molecule has 2 fully saturated rings. The largest absolute Gasteiger partial charge is 0.342 e. The first kappa shape index (κ1) is 28.5. The van der Waals surface area contributed by atoms with Crippen molar-refractivity contribution >= 4 is 35.3 Å². The van der Waals surface area contributed by atoms with Gasteiger partial charge in [0.05, 0.1) is 10.6 Å². The SMILES string of the molecule is CC(C)CCN1C(=O)C(CC(=O)N2CCC(N3CCc4ccccc4NC3=O)CC2)SC1[C@H](C)c1ccccc1.[HH]. The lowest BCUT2D eigenvalue weighted by molar-refractivity contribution is -0.137. The molecule has 8 heteroatoms. The van der Waals surface area contributed by atoms with Crippen LogP contribution in [0.25, 0.3) is 0 Å². The zero-order valence-electron chi connectivity index (χ0n) is 23.9. The van der Waals surface area contributed by atoms with Gasteiger partial charge in [0.25, 0.3) is 0 Å². The van der Waals surface area contributed by atoms with E-state index in [1.165, 1.54) is 5.56 Å². The van der Waals surface area contributed by atoms with Crippen LogP contribution in [-0.2, 0) is 16.0 Å². The van der Waals surface area contributed by atoms with Gasteiger partial charge in [0.15, 0.2) is 0 Å². The zero-order valence-corrected chi connectivity index (χ0v) is 24.7. The van der Waals surface area contributed by atoms with Gasteiger partial charge in [-0.05, 0) is 48.8 Å². The zero-order chi connectivity index (χ0) is 28.2. The van der Waals surface area contributed by atoms with Crippen molar-refractivity contribution < 1.29 is 15.8 Å². The molecule has 0 spiro atoms. The normalized spacial score (nSPS) is 22.8. The third-order valence-corrected chi connectivity index (χ3v) is 10.3. The van der Waals surface area contributed by atoms with Gasteiger partial charge < -0.3 is 20.0 Å². The lowest BCUT2D eigenvalue weighted by atomic mass is 9.99. The van der Waals surface area contributed by atoms with Gasteiger partial charge in [0.1, 0.15) is 0 Å². The third-order valence-electron chi connectivity index (χ3n) is 8.63. The molecule has 0 bridgehead atoms. The molecule has 40 heavy (non-hydrogen) atoms. The fourth-order valence-electron chi connectivity index (χ4n) is 6.14. The van der Waals surface area contributed by atoms with E-state index in [-0.39, 0.29) is 48.3 Å². The van der Waals surface area contributed by atoms with E-state index in [0.29, 0.717) is 25.6 Å². The number of hydrogen-bond acceptors (Lipinski definition) is 4. The molecule has 0 aromatic heterocycles. The van der Waals surface area contributed by atoms with Gasteiger partial charge in [-0.2, -0.15) is 0 Å². The number of fused-ring (bicyclic) bond motifs is 1. The molecule has 3 heterocycles. The van der Waals surface area contributed by atoms with Gasteiger partial charge in [0.2, 0.25) is 11.8 Å². The lowest BCUT2D eigenvalue weighted by Gasteiger charge is -2.38. The van der Waals surface area contributed by atoms with Gasteiger partial charge in [-0.25, -0.2) is 4.79 Å². The second-order valence-corrected chi connectivity index (χ2v) is 13.1. The number of hydrogen-bond donors (Lipinski definition) is 1. The van der Waals surface area contributed by atoms with E-state index >= 15 is 0 Å². The van der Waals surface area contributed by atoms with Crippen molar-refractivity contribution in [2.75, 3.05) is 31.5 Å². The fraction of sp³-hybridized carbons (Fsp3) is 0.531. The number of likely N-dealkylation sites (tertiary alicyclic amines) is 1. The standard InChI is InChI=1S/C32H42N4O3S.H2/c1-22(2)13-19-36-30(38)28(40-31(36)23(3)24-9-5-4-6-10-24)21-29(37)34-17-15-26(16-18-34)35-20-14-25-11-7-8-12-27(25)33-32(35)39;/h4-12,22-23,26,28,31H,13-21H2,1-3H3,(H,33,39);1H/t23-,28?,31?;/m1./s1. The summed E-state index contributed by atoms with van der Waals surface area (Å²) >= 11 is 1.66. The predicted molar refractivity (Wildman–Crippen MR) is 163 cm³/mol.